The van der Waals surface area contributed by atoms with Gasteiger partial charge in [-0.2, -0.15) is 0 Å². The van der Waals surface area contributed by atoms with Gasteiger partial charge in [0.1, 0.15) is 0 Å². The normalized spacial score (nSPS) is 31.1. The van der Waals surface area contributed by atoms with Gasteiger partial charge in [-0.15, -0.1) is 0 Å². The highest BCUT2D eigenvalue weighted by molar-refractivity contribution is 5.90. The molecule has 2 aromatic rings. The minimum absolute atomic E-state index is 0.167. The molecule has 0 N–H and O–H groups in total. The van der Waals surface area contributed by atoms with E-state index >= 15 is 0 Å². The number of benzene rings is 1. The monoisotopic (exact) mass is 392 g/mol. The summed E-state index contributed by atoms with van der Waals surface area (Å²) in [6.45, 7) is 4.82. The average Bonchev–Trinajstić information content (AvgIpc) is 3.24. The van der Waals surface area contributed by atoms with Crippen molar-refractivity contribution in [1.82, 2.24) is 9.88 Å². The summed E-state index contributed by atoms with van der Waals surface area (Å²) in [7, 11) is 0. The fraction of sp³-hybridized carbons (Fsp3) is 0.500. The molecule has 2 aliphatic heterocycles. The number of piperidine rings is 1. The lowest BCUT2D eigenvalue weighted by atomic mass is 9.54. The van der Waals surface area contributed by atoms with Crippen LogP contribution in [-0.4, -0.2) is 41.3 Å². The van der Waals surface area contributed by atoms with Gasteiger partial charge in [-0.1, -0.05) is 43.3 Å². The molecule has 1 aromatic carbocycles. The van der Waals surface area contributed by atoms with Crippen molar-refractivity contribution in [3.8, 4) is 0 Å². The summed E-state index contributed by atoms with van der Waals surface area (Å²) < 4.78 is 12.2. The Morgan fingerprint density at radius 1 is 1.07 bits per heavy atom. The van der Waals surface area contributed by atoms with E-state index < -0.39 is 11.2 Å². The first-order chi connectivity index (χ1) is 14.2. The molecule has 5 rings (SSSR count). The quantitative estimate of drug-likeness (QED) is 0.802. The number of hydrogen-bond donors (Lipinski definition) is 0. The molecule has 0 unspecified atom stereocenters. The first-order valence-corrected chi connectivity index (χ1v) is 10.7. The number of hydrogen-bond acceptors (Lipinski definition) is 4. The molecule has 1 amide bonds. The van der Waals surface area contributed by atoms with Crippen molar-refractivity contribution in [1.29, 1.82) is 0 Å². The smallest absolute Gasteiger partial charge is 0.233 e. The molecule has 5 nitrogen and oxygen atoms in total. The van der Waals surface area contributed by atoms with E-state index in [-0.39, 0.29) is 17.7 Å². The molecule has 1 saturated carbocycles. The van der Waals surface area contributed by atoms with Crippen LogP contribution in [0.5, 0.6) is 0 Å². The Labute approximate surface area is 172 Å². The van der Waals surface area contributed by atoms with E-state index in [1.54, 1.807) is 6.20 Å². The van der Waals surface area contributed by atoms with Gasteiger partial charge in [0.2, 0.25) is 5.91 Å². The van der Waals surface area contributed by atoms with Gasteiger partial charge >= 0.3 is 0 Å². The van der Waals surface area contributed by atoms with Gasteiger partial charge in [0.25, 0.3) is 0 Å². The molecule has 1 aromatic heterocycles. The lowest BCUT2D eigenvalue weighted by Gasteiger charge is -2.56. The summed E-state index contributed by atoms with van der Waals surface area (Å²) in [5.74, 6) is 0.0706. The molecule has 3 atom stereocenters. The average molecular weight is 392 g/mol. The van der Waals surface area contributed by atoms with Crippen LogP contribution in [0.4, 0.5) is 0 Å². The standard InChI is InChI=1S/C24H28N2O3/c1-18-21-10-14-26(17-20-9-5-6-13-25-20)22(27)23(21,19-7-3-2-4-8-19)11-12-24(18)28-15-16-29-24/h2-9,13,18,21H,10-12,14-17H2,1H3/t18-,21-,23+/m0/s1. The molecular formula is C24H28N2O3. The van der Waals surface area contributed by atoms with Crippen LogP contribution in [0.15, 0.2) is 54.7 Å². The third-order valence-electron chi connectivity index (χ3n) is 7.32. The molecule has 1 spiro atoms. The fourth-order valence-corrected chi connectivity index (χ4v) is 5.89. The van der Waals surface area contributed by atoms with E-state index in [1.807, 2.05) is 41.3 Å². The molecule has 152 valence electrons. The number of carbonyl (C=O) groups is 1. The van der Waals surface area contributed by atoms with Gasteiger partial charge in [0.15, 0.2) is 5.79 Å². The lowest BCUT2D eigenvalue weighted by Crippen LogP contribution is -2.64. The molecule has 0 bridgehead atoms. The lowest BCUT2D eigenvalue weighted by molar-refractivity contribution is -0.238. The minimum atomic E-state index is -0.521. The Balaban J connectivity index is 1.53. The third-order valence-corrected chi connectivity index (χ3v) is 7.32. The highest BCUT2D eigenvalue weighted by Crippen LogP contribution is 2.56. The van der Waals surface area contributed by atoms with Crippen molar-refractivity contribution in [3.05, 3.63) is 66.0 Å². The van der Waals surface area contributed by atoms with Crippen molar-refractivity contribution in [2.45, 2.75) is 43.9 Å². The maximum Gasteiger partial charge on any atom is 0.233 e. The second kappa shape index (κ2) is 7.22. The van der Waals surface area contributed by atoms with Crippen LogP contribution in [0.3, 0.4) is 0 Å². The van der Waals surface area contributed by atoms with Crippen LogP contribution in [0.2, 0.25) is 0 Å². The maximum absolute atomic E-state index is 14.1. The summed E-state index contributed by atoms with van der Waals surface area (Å²) in [5, 5.41) is 0. The first-order valence-electron chi connectivity index (χ1n) is 10.7. The number of amides is 1. The number of ether oxygens (including phenoxy) is 2. The summed E-state index contributed by atoms with van der Waals surface area (Å²) >= 11 is 0. The van der Waals surface area contributed by atoms with Crippen LogP contribution in [0, 0.1) is 11.8 Å². The van der Waals surface area contributed by atoms with E-state index in [2.05, 4.69) is 24.0 Å². The molecule has 2 saturated heterocycles. The molecule has 1 aliphatic carbocycles. The highest BCUT2D eigenvalue weighted by Gasteiger charge is 2.62. The van der Waals surface area contributed by atoms with Gasteiger partial charge in [0, 0.05) is 25.1 Å². The van der Waals surface area contributed by atoms with E-state index in [0.717, 1.165) is 37.1 Å². The largest absolute Gasteiger partial charge is 0.347 e. The van der Waals surface area contributed by atoms with E-state index in [1.165, 1.54) is 0 Å². The Kier molecular flexibility index (Phi) is 4.67. The molecule has 5 heteroatoms. The number of likely N-dealkylation sites (tertiary alicyclic amines) is 1. The zero-order chi connectivity index (χ0) is 19.9. The van der Waals surface area contributed by atoms with Gasteiger partial charge in [-0.25, -0.2) is 0 Å². The third kappa shape index (κ3) is 2.90. The summed E-state index contributed by atoms with van der Waals surface area (Å²) in [5.41, 5.74) is 1.54. The Morgan fingerprint density at radius 2 is 1.83 bits per heavy atom. The Bertz CT molecular complexity index is 866. The molecule has 3 fully saturated rings. The zero-order valence-electron chi connectivity index (χ0n) is 16.9. The van der Waals surface area contributed by atoms with Gasteiger partial charge in [0.05, 0.1) is 30.9 Å². The number of rotatable bonds is 3. The van der Waals surface area contributed by atoms with Crippen LogP contribution < -0.4 is 0 Å². The van der Waals surface area contributed by atoms with E-state index in [4.69, 9.17) is 9.47 Å². The molecule has 3 heterocycles. The van der Waals surface area contributed by atoms with Crippen LogP contribution in [-0.2, 0) is 26.2 Å². The number of fused-ring (bicyclic) bond motifs is 1. The maximum atomic E-state index is 14.1. The SMILES string of the molecule is C[C@H]1[C@@H]2CCN(Cc3ccccn3)C(=O)[C@@]2(c2ccccc2)CCC12OCCO2. The summed E-state index contributed by atoms with van der Waals surface area (Å²) in [6, 6.07) is 16.2. The summed E-state index contributed by atoms with van der Waals surface area (Å²) in [6.07, 6.45) is 4.25. The second-order valence-electron chi connectivity index (χ2n) is 8.58. The van der Waals surface area contributed by atoms with Crippen LogP contribution in [0.1, 0.15) is 37.4 Å². The number of carbonyl (C=O) groups excluding carboxylic acids is 1. The fourth-order valence-electron chi connectivity index (χ4n) is 5.89. The molecule has 0 radical (unpaired) electrons. The van der Waals surface area contributed by atoms with Crippen molar-refractivity contribution in [2.24, 2.45) is 11.8 Å². The van der Waals surface area contributed by atoms with Crippen molar-refractivity contribution < 1.29 is 14.3 Å². The van der Waals surface area contributed by atoms with E-state index in [0.29, 0.717) is 19.8 Å². The molecule has 29 heavy (non-hydrogen) atoms. The minimum Gasteiger partial charge on any atom is -0.347 e. The first kappa shape index (κ1) is 18.8. The van der Waals surface area contributed by atoms with E-state index in [9.17, 15) is 4.79 Å². The van der Waals surface area contributed by atoms with Gasteiger partial charge in [-0.05, 0) is 36.5 Å². The number of pyridine rings is 1. The predicted octanol–water partition coefficient (Wildman–Crippen LogP) is 3.54. The second-order valence-corrected chi connectivity index (χ2v) is 8.58. The Morgan fingerprint density at radius 3 is 2.55 bits per heavy atom. The van der Waals surface area contributed by atoms with Crippen molar-refractivity contribution >= 4 is 5.91 Å². The van der Waals surface area contributed by atoms with Gasteiger partial charge in [-0.3, -0.25) is 9.78 Å². The number of aromatic nitrogens is 1. The Hall–Kier alpha value is -2.24. The predicted molar refractivity (Wildman–Crippen MR) is 109 cm³/mol. The van der Waals surface area contributed by atoms with Gasteiger partial charge < -0.3 is 14.4 Å². The summed E-state index contributed by atoms with van der Waals surface area (Å²) in [4.78, 5) is 20.5. The zero-order valence-corrected chi connectivity index (χ0v) is 16.9. The number of nitrogens with zero attached hydrogens (tertiary/aromatic N) is 2. The highest BCUT2D eigenvalue weighted by atomic mass is 16.7. The van der Waals surface area contributed by atoms with Crippen molar-refractivity contribution in [3.63, 3.8) is 0 Å². The van der Waals surface area contributed by atoms with Crippen molar-refractivity contribution in [2.75, 3.05) is 19.8 Å². The molecule has 3 aliphatic rings. The van der Waals surface area contributed by atoms with Crippen LogP contribution in [0.25, 0.3) is 0 Å². The van der Waals surface area contributed by atoms with Crippen LogP contribution >= 0.6 is 0 Å². The molecular weight excluding hydrogens is 364 g/mol. The topological polar surface area (TPSA) is 51.7 Å².